The third-order valence-electron chi connectivity index (χ3n) is 3.30. The first kappa shape index (κ1) is 15.5. The fraction of sp³-hybridized carbons (Fsp3) is 0.500. The Kier molecular flexibility index (Phi) is 5.33. The monoisotopic (exact) mass is 288 g/mol. The van der Waals surface area contributed by atoms with Crippen LogP contribution in [0.1, 0.15) is 32.8 Å². The maximum absolute atomic E-state index is 11.9. The largest absolute Gasteiger partial charge is 0.355 e. The number of carbonyl (C=O) groups excluding carboxylic acids is 1. The lowest BCUT2D eigenvalue weighted by atomic mass is 10.2. The molecule has 0 saturated carbocycles. The van der Waals surface area contributed by atoms with E-state index in [1.807, 2.05) is 23.8 Å². The van der Waals surface area contributed by atoms with Crippen molar-refractivity contribution in [3.63, 3.8) is 0 Å². The molecule has 0 aliphatic carbocycles. The number of carbonyl (C=O) groups is 1. The van der Waals surface area contributed by atoms with Gasteiger partial charge in [0.1, 0.15) is 12.2 Å². The van der Waals surface area contributed by atoms with E-state index in [2.05, 4.69) is 35.5 Å². The van der Waals surface area contributed by atoms with Crippen LogP contribution in [0, 0.1) is 0 Å². The van der Waals surface area contributed by atoms with E-state index in [0.29, 0.717) is 19.1 Å². The molecule has 5 nitrogen and oxygen atoms in total. The van der Waals surface area contributed by atoms with E-state index < -0.39 is 0 Å². The number of nitrogens with one attached hydrogen (secondary N) is 2. The van der Waals surface area contributed by atoms with Gasteiger partial charge in [0.15, 0.2) is 0 Å². The van der Waals surface area contributed by atoms with Crippen molar-refractivity contribution in [3.8, 4) is 0 Å². The van der Waals surface area contributed by atoms with Gasteiger partial charge < -0.3 is 15.2 Å². The fourth-order valence-corrected chi connectivity index (χ4v) is 2.25. The Morgan fingerprint density at radius 2 is 2.24 bits per heavy atom. The standard InChI is InChI=1S/C16H24N4O/c1-4-7-17-15(21)11-20-10-13(9-19-12(2)3)14-6-5-8-18-16(14)20/h5-6,8,10,12,19H,4,7,9,11H2,1-3H3,(H,17,21). The van der Waals surface area contributed by atoms with Gasteiger partial charge in [-0.1, -0.05) is 20.8 Å². The normalized spacial score (nSPS) is 11.2. The summed E-state index contributed by atoms with van der Waals surface area (Å²) in [6.07, 6.45) is 4.74. The van der Waals surface area contributed by atoms with Crippen LogP contribution in [0.15, 0.2) is 24.5 Å². The molecular weight excluding hydrogens is 264 g/mol. The molecule has 2 rings (SSSR count). The number of fused-ring (bicyclic) bond motifs is 1. The van der Waals surface area contributed by atoms with Gasteiger partial charge in [0.05, 0.1) is 0 Å². The molecule has 0 fully saturated rings. The minimum atomic E-state index is 0.0303. The first-order valence-corrected chi connectivity index (χ1v) is 7.54. The van der Waals surface area contributed by atoms with E-state index in [1.165, 1.54) is 5.56 Å². The first-order chi connectivity index (χ1) is 10.1. The van der Waals surface area contributed by atoms with Gasteiger partial charge in [0.25, 0.3) is 0 Å². The lowest BCUT2D eigenvalue weighted by molar-refractivity contribution is -0.121. The van der Waals surface area contributed by atoms with Gasteiger partial charge in [0.2, 0.25) is 5.91 Å². The molecule has 0 aliphatic heterocycles. The van der Waals surface area contributed by atoms with Crippen LogP contribution in [0.4, 0.5) is 0 Å². The van der Waals surface area contributed by atoms with Crippen LogP contribution in [-0.4, -0.2) is 28.0 Å². The molecule has 2 N–H and O–H groups in total. The highest BCUT2D eigenvalue weighted by Gasteiger charge is 2.11. The van der Waals surface area contributed by atoms with E-state index in [9.17, 15) is 4.79 Å². The van der Waals surface area contributed by atoms with Crippen molar-refractivity contribution in [3.05, 3.63) is 30.1 Å². The number of hydrogen-bond donors (Lipinski definition) is 2. The highest BCUT2D eigenvalue weighted by molar-refractivity contribution is 5.83. The Morgan fingerprint density at radius 3 is 2.95 bits per heavy atom. The lowest BCUT2D eigenvalue weighted by Gasteiger charge is -2.06. The Balaban J connectivity index is 2.21. The molecule has 0 radical (unpaired) electrons. The van der Waals surface area contributed by atoms with Crippen LogP contribution < -0.4 is 10.6 Å². The van der Waals surface area contributed by atoms with E-state index in [4.69, 9.17) is 0 Å². The zero-order valence-corrected chi connectivity index (χ0v) is 13.0. The number of pyridine rings is 1. The summed E-state index contributed by atoms with van der Waals surface area (Å²) in [7, 11) is 0. The average molecular weight is 288 g/mol. The predicted octanol–water partition coefficient (Wildman–Crippen LogP) is 2.06. The van der Waals surface area contributed by atoms with Crippen LogP contribution >= 0.6 is 0 Å². The van der Waals surface area contributed by atoms with Gasteiger partial charge in [-0.05, 0) is 24.1 Å². The average Bonchev–Trinajstić information content (AvgIpc) is 2.81. The third-order valence-corrected chi connectivity index (χ3v) is 3.30. The first-order valence-electron chi connectivity index (χ1n) is 7.54. The molecule has 2 aromatic heterocycles. The molecule has 0 aromatic carbocycles. The third kappa shape index (κ3) is 4.04. The van der Waals surface area contributed by atoms with Gasteiger partial charge >= 0.3 is 0 Å². The minimum Gasteiger partial charge on any atom is -0.355 e. The maximum Gasteiger partial charge on any atom is 0.239 e. The molecule has 0 bridgehead atoms. The Labute approximate surface area is 125 Å². The molecule has 114 valence electrons. The SMILES string of the molecule is CCCNC(=O)Cn1cc(CNC(C)C)c2cccnc21. The van der Waals surface area contributed by atoms with Gasteiger partial charge in [-0.2, -0.15) is 0 Å². The number of amides is 1. The van der Waals surface area contributed by atoms with Crippen LogP contribution in [-0.2, 0) is 17.9 Å². The van der Waals surface area contributed by atoms with Gasteiger partial charge in [0, 0.05) is 36.9 Å². The Bertz CT molecular complexity index is 603. The number of rotatable bonds is 7. The summed E-state index contributed by atoms with van der Waals surface area (Å²) in [5.74, 6) is 0.0303. The number of nitrogens with zero attached hydrogens (tertiary/aromatic N) is 2. The summed E-state index contributed by atoms with van der Waals surface area (Å²) in [6, 6.07) is 4.41. The lowest BCUT2D eigenvalue weighted by Crippen LogP contribution is -2.28. The molecule has 5 heteroatoms. The maximum atomic E-state index is 11.9. The molecule has 21 heavy (non-hydrogen) atoms. The van der Waals surface area contributed by atoms with E-state index in [-0.39, 0.29) is 5.91 Å². The molecule has 2 aromatic rings. The summed E-state index contributed by atoms with van der Waals surface area (Å²) in [4.78, 5) is 16.3. The Morgan fingerprint density at radius 1 is 1.43 bits per heavy atom. The minimum absolute atomic E-state index is 0.0303. The van der Waals surface area contributed by atoms with Crippen LogP contribution in [0.3, 0.4) is 0 Å². The highest BCUT2D eigenvalue weighted by Crippen LogP contribution is 2.19. The highest BCUT2D eigenvalue weighted by atomic mass is 16.1. The summed E-state index contributed by atoms with van der Waals surface area (Å²) >= 11 is 0. The number of hydrogen-bond acceptors (Lipinski definition) is 3. The van der Waals surface area contributed by atoms with Crippen molar-refractivity contribution >= 4 is 16.9 Å². The summed E-state index contributed by atoms with van der Waals surface area (Å²) in [5.41, 5.74) is 2.04. The molecule has 0 atom stereocenters. The molecule has 0 aliphatic rings. The molecule has 0 saturated heterocycles. The van der Waals surface area contributed by atoms with E-state index in [0.717, 1.165) is 24.0 Å². The molecule has 0 unspecified atom stereocenters. The van der Waals surface area contributed by atoms with Crippen LogP contribution in [0.25, 0.3) is 11.0 Å². The second-order valence-corrected chi connectivity index (χ2v) is 5.54. The zero-order valence-electron chi connectivity index (χ0n) is 13.0. The zero-order chi connectivity index (χ0) is 15.2. The molecule has 2 heterocycles. The van der Waals surface area contributed by atoms with Gasteiger partial charge in [-0.25, -0.2) is 4.98 Å². The molecule has 1 amide bonds. The Hall–Kier alpha value is -1.88. The van der Waals surface area contributed by atoms with Crippen molar-refractivity contribution < 1.29 is 4.79 Å². The van der Waals surface area contributed by atoms with Crippen LogP contribution in [0.2, 0.25) is 0 Å². The van der Waals surface area contributed by atoms with Crippen molar-refractivity contribution in [1.29, 1.82) is 0 Å². The summed E-state index contributed by atoms with van der Waals surface area (Å²) in [5, 5.41) is 7.42. The predicted molar refractivity (Wildman–Crippen MR) is 85.0 cm³/mol. The van der Waals surface area contributed by atoms with E-state index >= 15 is 0 Å². The topological polar surface area (TPSA) is 59.0 Å². The van der Waals surface area contributed by atoms with Crippen molar-refractivity contribution in [2.75, 3.05) is 6.54 Å². The van der Waals surface area contributed by atoms with E-state index in [1.54, 1.807) is 6.20 Å². The molecule has 0 spiro atoms. The van der Waals surface area contributed by atoms with Gasteiger partial charge in [-0.15, -0.1) is 0 Å². The van der Waals surface area contributed by atoms with Gasteiger partial charge in [-0.3, -0.25) is 4.79 Å². The quantitative estimate of drug-likeness (QED) is 0.820. The van der Waals surface area contributed by atoms with Crippen molar-refractivity contribution in [1.82, 2.24) is 20.2 Å². The molecular formula is C16H24N4O. The smallest absolute Gasteiger partial charge is 0.239 e. The summed E-state index contributed by atoms with van der Waals surface area (Å²) < 4.78 is 1.93. The van der Waals surface area contributed by atoms with Crippen LogP contribution in [0.5, 0.6) is 0 Å². The summed E-state index contributed by atoms with van der Waals surface area (Å²) in [6.45, 7) is 8.10. The second-order valence-electron chi connectivity index (χ2n) is 5.54. The van der Waals surface area contributed by atoms with Crippen molar-refractivity contribution in [2.24, 2.45) is 0 Å². The fourth-order valence-electron chi connectivity index (χ4n) is 2.25. The second kappa shape index (κ2) is 7.22. The van der Waals surface area contributed by atoms with Crippen molar-refractivity contribution in [2.45, 2.75) is 46.3 Å². The number of aromatic nitrogens is 2.